The third-order valence-corrected chi connectivity index (χ3v) is 5.12. The van der Waals surface area contributed by atoms with Gasteiger partial charge < -0.3 is 15.4 Å². The molecule has 2 N–H and O–H groups in total. The quantitative estimate of drug-likeness (QED) is 0.373. The van der Waals surface area contributed by atoms with Crippen molar-refractivity contribution in [2.24, 2.45) is 10.4 Å². The van der Waals surface area contributed by atoms with Crippen molar-refractivity contribution in [2.75, 3.05) is 45.9 Å². The maximum Gasteiger partial charge on any atom is 0.190 e. The smallest absolute Gasteiger partial charge is 0.190 e. The summed E-state index contributed by atoms with van der Waals surface area (Å²) in [5, 5.41) is 6.51. The third-order valence-electron chi connectivity index (χ3n) is 4.09. The molecule has 21 heavy (non-hydrogen) atoms. The Morgan fingerprint density at radius 3 is 2.52 bits per heavy atom. The van der Waals surface area contributed by atoms with Crippen LogP contribution in [0.2, 0.25) is 0 Å². The molecule has 0 aromatic heterocycles. The second-order valence-corrected chi connectivity index (χ2v) is 8.19. The predicted molar refractivity (Wildman–Crippen MR) is 86.5 cm³/mol. The zero-order valence-electron chi connectivity index (χ0n) is 13.4. The van der Waals surface area contributed by atoms with Crippen LogP contribution in [0.3, 0.4) is 0 Å². The highest BCUT2D eigenvalue weighted by Gasteiger charge is 2.36. The van der Waals surface area contributed by atoms with Gasteiger partial charge in [-0.25, -0.2) is 8.42 Å². The van der Waals surface area contributed by atoms with E-state index in [2.05, 4.69) is 15.6 Å². The minimum atomic E-state index is -2.88. The number of aliphatic imine (C=N–C) groups is 1. The first-order chi connectivity index (χ1) is 9.91. The minimum Gasteiger partial charge on any atom is -0.385 e. The van der Waals surface area contributed by atoms with Crippen molar-refractivity contribution in [3.05, 3.63) is 0 Å². The normalized spacial score (nSPS) is 18.1. The van der Waals surface area contributed by atoms with Gasteiger partial charge >= 0.3 is 0 Å². The lowest BCUT2D eigenvalue weighted by Crippen LogP contribution is -2.47. The highest BCUT2D eigenvalue weighted by molar-refractivity contribution is 7.90. The van der Waals surface area contributed by atoms with Gasteiger partial charge in [-0.2, -0.15) is 0 Å². The zero-order chi connectivity index (χ0) is 15.8. The highest BCUT2D eigenvalue weighted by Crippen LogP contribution is 2.43. The summed E-state index contributed by atoms with van der Waals surface area (Å²) in [4.78, 5) is 4.18. The predicted octanol–water partition coefficient (Wildman–Crippen LogP) is 0.793. The second kappa shape index (κ2) is 8.58. The third kappa shape index (κ3) is 7.13. The Labute approximate surface area is 128 Å². The first kappa shape index (κ1) is 18.2. The van der Waals surface area contributed by atoms with Crippen LogP contribution in [0, 0.1) is 5.41 Å². The first-order valence-electron chi connectivity index (χ1n) is 7.52. The molecule has 0 aromatic rings. The Kier molecular flexibility index (Phi) is 7.45. The van der Waals surface area contributed by atoms with Crippen LogP contribution in [-0.4, -0.2) is 60.2 Å². The van der Waals surface area contributed by atoms with Crippen molar-refractivity contribution in [3.63, 3.8) is 0 Å². The maximum absolute atomic E-state index is 11.1. The van der Waals surface area contributed by atoms with Crippen molar-refractivity contribution in [1.82, 2.24) is 10.6 Å². The Balaban J connectivity index is 2.27. The van der Waals surface area contributed by atoms with Gasteiger partial charge in [0, 0.05) is 40.1 Å². The highest BCUT2D eigenvalue weighted by atomic mass is 32.2. The monoisotopic (exact) mass is 319 g/mol. The summed E-state index contributed by atoms with van der Waals surface area (Å²) < 4.78 is 27.3. The number of rotatable bonds is 9. The van der Waals surface area contributed by atoms with Gasteiger partial charge in [-0.05, 0) is 31.1 Å². The van der Waals surface area contributed by atoms with Gasteiger partial charge in [0.2, 0.25) is 0 Å². The van der Waals surface area contributed by atoms with Crippen LogP contribution < -0.4 is 10.6 Å². The minimum absolute atomic E-state index is 0.203. The molecule has 1 rings (SSSR count). The molecule has 0 spiro atoms. The van der Waals surface area contributed by atoms with Crippen molar-refractivity contribution in [3.8, 4) is 0 Å². The lowest BCUT2D eigenvalue weighted by molar-refractivity contribution is 0.0732. The van der Waals surface area contributed by atoms with E-state index in [9.17, 15) is 8.42 Å². The molecule has 0 radical (unpaired) electrons. The number of nitrogens with one attached hydrogen (secondary N) is 2. The van der Waals surface area contributed by atoms with Crippen molar-refractivity contribution in [2.45, 2.75) is 32.1 Å². The van der Waals surface area contributed by atoms with Gasteiger partial charge in [0.25, 0.3) is 0 Å². The fourth-order valence-corrected chi connectivity index (χ4v) is 3.21. The summed E-state index contributed by atoms with van der Waals surface area (Å²) in [6.45, 7) is 2.29. The molecule has 7 heteroatoms. The molecule has 1 aliphatic rings. The van der Waals surface area contributed by atoms with E-state index < -0.39 is 9.84 Å². The summed E-state index contributed by atoms with van der Waals surface area (Å²) >= 11 is 0. The average molecular weight is 319 g/mol. The van der Waals surface area contributed by atoms with Crippen LogP contribution in [0.4, 0.5) is 0 Å². The van der Waals surface area contributed by atoms with Crippen LogP contribution in [0.5, 0.6) is 0 Å². The van der Waals surface area contributed by atoms with Gasteiger partial charge in [0.1, 0.15) is 9.84 Å². The Bertz CT molecular complexity index is 431. The number of ether oxygens (including phenoxy) is 1. The molecule has 0 unspecified atom stereocenters. The number of hydrogen-bond donors (Lipinski definition) is 2. The molecule has 1 aliphatic carbocycles. The fraction of sp³-hybridized carbons (Fsp3) is 0.929. The largest absolute Gasteiger partial charge is 0.385 e. The van der Waals surface area contributed by atoms with Crippen LogP contribution in [-0.2, 0) is 14.6 Å². The van der Waals surface area contributed by atoms with E-state index >= 15 is 0 Å². The Hall–Kier alpha value is -0.820. The maximum atomic E-state index is 11.1. The van der Waals surface area contributed by atoms with E-state index in [1.165, 1.54) is 25.5 Å². The SMILES string of the molecule is CN=C(NCCCS(C)(=O)=O)NCC1(CCOC)CCC1. The molecule has 124 valence electrons. The van der Waals surface area contributed by atoms with E-state index in [0.717, 1.165) is 25.5 Å². The van der Waals surface area contributed by atoms with Gasteiger partial charge in [-0.3, -0.25) is 4.99 Å². The van der Waals surface area contributed by atoms with E-state index in [0.29, 0.717) is 18.4 Å². The van der Waals surface area contributed by atoms with Crippen LogP contribution >= 0.6 is 0 Å². The van der Waals surface area contributed by atoms with E-state index in [1.54, 1.807) is 14.2 Å². The summed E-state index contributed by atoms with van der Waals surface area (Å²) in [5.41, 5.74) is 0.334. The molecule has 0 amide bonds. The summed E-state index contributed by atoms with van der Waals surface area (Å²) in [6.07, 6.45) is 6.67. The van der Waals surface area contributed by atoms with Crippen molar-refractivity contribution >= 4 is 15.8 Å². The van der Waals surface area contributed by atoms with Crippen LogP contribution in [0.25, 0.3) is 0 Å². The van der Waals surface area contributed by atoms with E-state index in [-0.39, 0.29) is 5.75 Å². The lowest BCUT2D eigenvalue weighted by atomic mass is 9.67. The molecule has 0 aliphatic heterocycles. The molecule has 0 saturated heterocycles. The zero-order valence-corrected chi connectivity index (χ0v) is 14.3. The number of methoxy groups -OCH3 is 1. The van der Waals surface area contributed by atoms with Gasteiger partial charge in [0.15, 0.2) is 5.96 Å². The van der Waals surface area contributed by atoms with Gasteiger partial charge in [0.05, 0.1) is 5.75 Å². The molecular formula is C14H29N3O3S. The molecular weight excluding hydrogens is 290 g/mol. The second-order valence-electron chi connectivity index (χ2n) is 5.93. The summed E-state index contributed by atoms with van der Waals surface area (Å²) in [5.74, 6) is 0.946. The van der Waals surface area contributed by atoms with Gasteiger partial charge in [-0.1, -0.05) is 6.42 Å². The Morgan fingerprint density at radius 1 is 1.33 bits per heavy atom. The molecule has 0 heterocycles. The average Bonchev–Trinajstić information content (AvgIpc) is 2.38. The number of nitrogens with zero attached hydrogens (tertiary/aromatic N) is 1. The molecule has 0 atom stereocenters. The summed E-state index contributed by atoms with van der Waals surface area (Å²) in [7, 11) is 0.585. The first-order valence-corrected chi connectivity index (χ1v) is 9.58. The molecule has 6 nitrogen and oxygen atoms in total. The topological polar surface area (TPSA) is 79.8 Å². The van der Waals surface area contributed by atoms with E-state index in [1.807, 2.05) is 0 Å². The molecule has 1 fully saturated rings. The Morgan fingerprint density at radius 2 is 2.05 bits per heavy atom. The number of sulfone groups is 1. The number of guanidine groups is 1. The van der Waals surface area contributed by atoms with Crippen molar-refractivity contribution < 1.29 is 13.2 Å². The fourth-order valence-electron chi connectivity index (χ4n) is 2.54. The van der Waals surface area contributed by atoms with Crippen LogP contribution in [0.15, 0.2) is 4.99 Å². The molecule has 0 bridgehead atoms. The van der Waals surface area contributed by atoms with Crippen molar-refractivity contribution in [1.29, 1.82) is 0 Å². The molecule has 1 saturated carbocycles. The van der Waals surface area contributed by atoms with Gasteiger partial charge in [-0.15, -0.1) is 0 Å². The van der Waals surface area contributed by atoms with Crippen LogP contribution in [0.1, 0.15) is 32.1 Å². The standard InChI is InChI=1S/C14H29N3O3S/c1-15-13(16-9-5-11-21(3,18)19)17-12-14(6-4-7-14)8-10-20-2/h4-12H2,1-3H3,(H2,15,16,17). The number of hydrogen-bond acceptors (Lipinski definition) is 4. The summed E-state index contributed by atoms with van der Waals surface area (Å²) in [6, 6.07) is 0. The van der Waals surface area contributed by atoms with E-state index in [4.69, 9.17) is 4.74 Å². The molecule has 0 aromatic carbocycles. The lowest BCUT2D eigenvalue weighted by Gasteiger charge is -2.42.